The highest BCUT2D eigenvalue weighted by atomic mass is 16.2. The molecule has 0 saturated heterocycles. The predicted octanol–water partition coefficient (Wildman–Crippen LogP) is 1.03. The number of rotatable bonds is 0. The van der Waals surface area contributed by atoms with Crippen molar-refractivity contribution in [2.45, 2.75) is 13.8 Å². The van der Waals surface area contributed by atoms with E-state index in [1.807, 2.05) is 0 Å². The topological polar surface area (TPSA) is 34.1 Å². The van der Waals surface area contributed by atoms with Crippen molar-refractivity contribution < 1.29 is 9.59 Å². The van der Waals surface area contributed by atoms with Crippen LogP contribution in [0.25, 0.3) is 0 Å². The highest BCUT2D eigenvalue weighted by Crippen LogP contribution is 2.22. The van der Waals surface area contributed by atoms with Gasteiger partial charge in [-0.25, -0.2) is 0 Å². The molecule has 0 fully saturated rings. The van der Waals surface area contributed by atoms with Gasteiger partial charge in [-0.05, 0) is 19.4 Å². The van der Waals surface area contributed by atoms with Gasteiger partial charge in [0.05, 0.1) is 0 Å². The van der Waals surface area contributed by atoms with Crippen molar-refractivity contribution >= 4 is 11.6 Å². The molecule has 0 aromatic rings. The summed E-state index contributed by atoms with van der Waals surface area (Å²) in [6.45, 7) is 6.87. The van der Waals surface area contributed by atoms with Gasteiger partial charge in [0.25, 0.3) is 0 Å². The van der Waals surface area contributed by atoms with Crippen LogP contribution in [0.1, 0.15) is 13.8 Å². The molecule has 0 N–H and O–H groups in total. The molecule has 2 nitrogen and oxygen atoms in total. The smallest absolute Gasteiger partial charge is 0.232 e. The van der Waals surface area contributed by atoms with Gasteiger partial charge in [-0.3, -0.25) is 9.59 Å². The van der Waals surface area contributed by atoms with E-state index in [0.717, 1.165) is 5.57 Å². The first-order valence-corrected chi connectivity index (χ1v) is 3.01. The molecule has 0 saturated carbocycles. The summed E-state index contributed by atoms with van der Waals surface area (Å²) in [6.07, 6.45) is 0. The summed E-state index contributed by atoms with van der Waals surface area (Å²) in [5.41, 5.74) is 1.62. The molecule has 0 unspecified atom stereocenters. The standard InChI is InChI=1S/C8H8O2/c1-4-5(2)7(9)8(10)6(4)3/h2H2,1,3H3. The normalized spacial score (nSPS) is 19.2. The van der Waals surface area contributed by atoms with E-state index >= 15 is 0 Å². The summed E-state index contributed by atoms with van der Waals surface area (Å²) in [5, 5.41) is 0. The fourth-order valence-corrected chi connectivity index (χ4v) is 0.874. The van der Waals surface area contributed by atoms with Crippen molar-refractivity contribution in [3.05, 3.63) is 23.3 Å². The highest BCUT2D eigenvalue weighted by Gasteiger charge is 2.28. The first-order valence-electron chi connectivity index (χ1n) is 3.01. The van der Waals surface area contributed by atoms with Gasteiger partial charge in [-0.1, -0.05) is 6.58 Å². The average molecular weight is 136 g/mol. The van der Waals surface area contributed by atoms with Gasteiger partial charge in [0.2, 0.25) is 11.6 Å². The summed E-state index contributed by atoms with van der Waals surface area (Å²) >= 11 is 0. The first-order chi connectivity index (χ1) is 4.55. The summed E-state index contributed by atoms with van der Waals surface area (Å²) < 4.78 is 0. The lowest BCUT2D eigenvalue weighted by atomic mass is 10.1. The minimum atomic E-state index is -0.449. The number of carbonyl (C=O) groups excluding carboxylic acids is 2. The summed E-state index contributed by atoms with van der Waals surface area (Å²) in [5.74, 6) is -0.850. The van der Waals surface area contributed by atoms with Crippen LogP contribution in [-0.2, 0) is 9.59 Å². The molecular formula is C8H8O2. The summed E-state index contributed by atoms with van der Waals surface area (Å²) in [6, 6.07) is 0. The second kappa shape index (κ2) is 1.90. The van der Waals surface area contributed by atoms with Crippen molar-refractivity contribution in [3.8, 4) is 0 Å². The third-order valence-electron chi connectivity index (χ3n) is 1.84. The van der Waals surface area contributed by atoms with E-state index in [9.17, 15) is 9.59 Å². The zero-order valence-corrected chi connectivity index (χ0v) is 6.02. The van der Waals surface area contributed by atoms with E-state index in [-0.39, 0.29) is 0 Å². The van der Waals surface area contributed by atoms with Crippen molar-refractivity contribution in [3.63, 3.8) is 0 Å². The third-order valence-corrected chi connectivity index (χ3v) is 1.84. The van der Waals surface area contributed by atoms with Gasteiger partial charge in [0.15, 0.2) is 0 Å². The average Bonchev–Trinajstić information content (AvgIpc) is 2.07. The molecule has 1 aliphatic carbocycles. The van der Waals surface area contributed by atoms with Crippen LogP contribution in [0, 0.1) is 0 Å². The van der Waals surface area contributed by atoms with Gasteiger partial charge in [0.1, 0.15) is 0 Å². The summed E-state index contributed by atoms with van der Waals surface area (Å²) in [7, 11) is 0. The maximum absolute atomic E-state index is 10.9. The predicted molar refractivity (Wildman–Crippen MR) is 37.5 cm³/mol. The lowest BCUT2D eigenvalue weighted by Gasteiger charge is -1.88. The van der Waals surface area contributed by atoms with E-state index in [4.69, 9.17) is 0 Å². The van der Waals surface area contributed by atoms with E-state index in [0.29, 0.717) is 11.1 Å². The monoisotopic (exact) mass is 136 g/mol. The lowest BCUT2D eigenvalue weighted by molar-refractivity contribution is -0.131. The van der Waals surface area contributed by atoms with Crippen LogP contribution in [0.3, 0.4) is 0 Å². The molecule has 0 aromatic carbocycles. The Labute approximate surface area is 59.2 Å². The fraction of sp³-hybridized carbons (Fsp3) is 0.250. The number of ketones is 2. The molecule has 0 radical (unpaired) electrons. The fourth-order valence-electron chi connectivity index (χ4n) is 0.874. The van der Waals surface area contributed by atoms with Crippen LogP contribution < -0.4 is 0 Å². The Bertz CT molecular complexity index is 243. The van der Waals surface area contributed by atoms with Crippen LogP contribution >= 0.6 is 0 Å². The SMILES string of the molecule is C=C1C(=O)C(=O)C(C)=C1C. The lowest BCUT2D eigenvalue weighted by Crippen LogP contribution is -2.07. The molecule has 1 rings (SSSR count). The Morgan fingerprint density at radius 1 is 1.00 bits per heavy atom. The molecule has 0 aliphatic heterocycles. The van der Waals surface area contributed by atoms with Crippen LogP contribution in [0.15, 0.2) is 23.3 Å². The van der Waals surface area contributed by atoms with E-state index < -0.39 is 11.6 Å². The Kier molecular flexibility index (Phi) is 1.32. The molecule has 0 aromatic heterocycles. The molecule has 0 bridgehead atoms. The van der Waals surface area contributed by atoms with E-state index in [1.165, 1.54) is 0 Å². The first kappa shape index (κ1) is 6.93. The molecule has 1 aliphatic rings. The zero-order chi connectivity index (χ0) is 7.89. The molecule has 2 heteroatoms. The Morgan fingerprint density at radius 3 is 1.60 bits per heavy atom. The van der Waals surface area contributed by atoms with Crippen molar-refractivity contribution in [2.24, 2.45) is 0 Å². The highest BCUT2D eigenvalue weighted by molar-refractivity contribution is 6.53. The second-order valence-electron chi connectivity index (χ2n) is 2.39. The van der Waals surface area contributed by atoms with Gasteiger partial charge < -0.3 is 0 Å². The third kappa shape index (κ3) is 0.652. The molecule has 0 heterocycles. The minimum absolute atomic E-state index is 0.350. The van der Waals surface area contributed by atoms with E-state index in [2.05, 4.69) is 6.58 Å². The number of hydrogen-bond donors (Lipinski definition) is 0. The van der Waals surface area contributed by atoms with Gasteiger partial charge in [0, 0.05) is 11.1 Å². The Morgan fingerprint density at radius 2 is 1.50 bits per heavy atom. The number of hydrogen-bond acceptors (Lipinski definition) is 2. The minimum Gasteiger partial charge on any atom is -0.285 e. The Balaban J connectivity index is 3.24. The van der Waals surface area contributed by atoms with Crippen LogP contribution in [0.5, 0.6) is 0 Å². The quantitative estimate of drug-likeness (QED) is 0.368. The maximum atomic E-state index is 10.9. The molecule has 0 amide bonds. The largest absolute Gasteiger partial charge is 0.285 e. The van der Waals surface area contributed by atoms with Crippen molar-refractivity contribution in [1.29, 1.82) is 0 Å². The molecular weight excluding hydrogens is 128 g/mol. The van der Waals surface area contributed by atoms with Gasteiger partial charge >= 0.3 is 0 Å². The second-order valence-corrected chi connectivity index (χ2v) is 2.39. The number of allylic oxidation sites excluding steroid dienone is 3. The van der Waals surface area contributed by atoms with E-state index in [1.54, 1.807) is 13.8 Å². The molecule has 10 heavy (non-hydrogen) atoms. The number of carbonyl (C=O) groups is 2. The number of Topliss-reactive ketones (excluding diaryl/α,β-unsaturated/α-hetero) is 2. The van der Waals surface area contributed by atoms with Crippen LogP contribution in [0.4, 0.5) is 0 Å². The molecule has 52 valence electrons. The van der Waals surface area contributed by atoms with Crippen molar-refractivity contribution in [1.82, 2.24) is 0 Å². The van der Waals surface area contributed by atoms with Crippen molar-refractivity contribution in [2.75, 3.05) is 0 Å². The Hall–Kier alpha value is -1.18. The van der Waals surface area contributed by atoms with Gasteiger partial charge in [-0.15, -0.1) is 0 Å². The van der Waals surface area contributed by atoms with Gasteiger partial charge in [-0.2, -0.15) is 0 Å². The van der Waals surface area contributed by atoms with Crippen LogP contribution in [-0.4, -0.2) is 11.6 Å². The molecule has 0 spiro atoms. The maximum Gasteiger partial charge on any atom is 0.232 e. The van der Waals surface area contributed by atoms with Crippen LogP contribution in [0.2, 0.25) is 0 Å². The summed E-state index contributed by atoms with van der Waals surface area (Å²) in [4.78, 5) is 21.7. The zero-order valence-electron chi connectivity index (χ0n) is 6.02. The molecule has 0 atom stereocenters.